The molecule has 0 saturated heterocycles. The number of carbonyl (C=O) groups is 1. The van der Waals surface area contributed by atoms with Crippen LogP contribution in [-0.4, -0.2) is 12.0 Å². The molecule has 4 heteroatoms. The average Bonchev–Trinajstić information content (AvgIpc) is 1.82. The van der Waals surface area contributed by atoms with Crippen LogP contribution in [0.2, 0.25) is 0 Å². The molecule has 0 unspecified atom stereocenters. The van der Waals surface area contributed by atoms with Crippen molar-refractivity contribution in [2.24, 2.45) is 5.73 Å². The molecule has 0 aromatic carbocycles. The average molecular weight is 150 g/mol. The van der Waals surface area contributed by atoms with Crippen LogP contribution in [0.4, 0.5) is 0 Å². The normalized spacial score (nSPS) is 13.7. The van der Waals surface area contributed by atoms with Crippen molar-refractivity contribution in [3.05, 3.63) is 11.8 Å². The number of ether oxygens (including phenoxy) is 1. The Balaban J connectivity index is 3.51. The molecule has 0 saturated carbocycles. The van der Waals surface area contributed by atoms with Crippen LogP contribution >= 0.6 is 11.6 Å². The molecule has 0 heterocycles. The minimum absolute atomic E-state index is 0.494. The molecule has 52 valence electrons. The highest BCUT2D eigenvalue weighted by molar-refractivity contribution is 6.25. The van der Waals surface area contributed by atoms with Crippen LogP contribution in [0.5, 0.6) is 0 Å². The van der Waals surface area contributed by atoms with Crippen molar-refractivity contribution in [2.45, 2.75) is 13.0 Å². The van der Waals surface area contributed by atoms with E-state index in [0.29, 0.717) is 0 Å². The molecule has 9 heavy (non-hydrogen) atoms. The number of hydrogen-bond acceptors (Lipinski definition) is 3. The third-order valence-electron chi connectivity index (χ3n) is 0.607. The maximum atomic E-state index is 10.4. The zero-order chi connectivity index (χ0) is 7.28. The Morgan fingerprint density at radius 3 is 2.78 bits per heavy atom. The molecule has 0 aliphatic carbocycles. The summed E-state index contributed by atoms with van der Waals surface area (Å²) in [6.45, 7) is 1.53. The maximum Gasteiger partial charge on any atom is 0.327 e. The molecule has 2 N–H and O–H groups in total. The third-order valence-corrected chi connectivity index (χ3v) is 0.710. The molecule has 0 aliphatic rings. The number of rotatable bonds is 2. The van der Waals surface area contributed by atoms with Gasteiger partial charge in [-0.3, -0.25) is 0 Å². The molecule has 0 aromatic heterocycles. The quantitative estimate of drug-likeness (QED) is 0.462. The van der Waals surface area contributed by atoms with E-state index in [-0.39, 0.29) is 0 Å². The van der Waals surface area contributed by atoms with Gasteiger partial charge in [0.2, 0.25) is 0 Å². The van der Waals surface area contributed by atoms with Crippen molar-refractivity contribution in [1.29, 1.82) is 0 Å². The second kappa shape index (κ2) is 4.35. The van der Waals surface area contributed by atoms with Gasteiger partial charge in [0.1, 0.15) is 12.3 Å². The van der Waals surface area contributed by atoms with Crippen molar-refractivity contribution < 1.29 is 9.53 Å². The van der Waals surface area contributed by atoms with E-state index in [1.165, 1.54) is 6.92 Å². The van der Waals surface area contributed by atoms with Gasteiger partial charge >= 0.3 is 5.97 Å². The summed E-state index contributed by atoms with van der Waals surface area (Å²) in [7, 11) is 0. The number of halogens is 1. The first-order valence-electron chi connectivity index (χ1n) is 2.39. The van der Waals surface area contributed by atoms with Crippen LogP contribution in [0.15, 0.2) is 11.8 Å². The van der Waals surface area contributed by atoms with E-state index in [1.54, 1.807) is 0 Å². The van der Waals surface area contributed by atoms with Crippen molar-refractivity contribution in [1.82, 2.24) is 0 Å². The molecular weight excluding hydrogens is 142 g/mol. The van der Waals surface area contributed by atoms with E-state index in [4.69, 9.17) is 17.3 Å². The van der Waals surface area contributed by atoms with Crippen molar-refractivity contribution in [3.8, 4) is 0 Å². The zero-order valence-electron chi connectivity index (χ0n) is 5.00. The van der Waals surface area contributed by atoms with E-state index < -0.39 is 12.0 Å². The van der Waals surface area contributed by atoms with Gasteiger partial charge in [-0.25, -0.2) is 4.79 Å². The Labute approximate surface area is 58.4 Å². The van der Waals surface area contributed by atoms with Gasteiger partial charge in [-0.05, 0) is 6.92 Å². The van der Waals surface area contributed by atoms with Crippen LogP contribution in [0.25, 0.3) is 0 Å². The van der Waals surface area contributed by atoms with Crippen molar-refractivity contribution in [2.75, 3.05) is 0 Å². The van der Waals surface area contributed by atoms with Gasteiger partial charge < -0.3 is 10.5 Å². The lowest BCUT2D eigenvalue weighted by Gasteiger charge is -1.99. The molecular formula is C5H8ClNO2. The molecule has 0 radical (unpaired) electrons. The predicted octanol–water partition coefficient (Wildman–Crippen LogP) is 0.587. The first kappa shape index (κ1) is 8.46. The van der Waals surface area contributed by atoms with E-state index >= 15 is 0 Å². The minimum Gasteiger partial charge on any atom is -0.432 e. The van der Waals surface area contributed by atoms with Gasteiger partial charge in [0.15, 0.2) is 0 Å². The van der Waals surface area contributed by atoms with Gasteiger partial charge in [-0.1, -0.05) is 11.6 Å². The molecule has 0 aromatic rings. The molecule has 0 bridgehead atoms. The summed E-state index contributed by atoms with van der Waals surface area (Å²) in [6, 6.07) is -0.599. The van der Waals surface area contributed by atoms with E-state index in [2.05, 4.69) is 4.74 Å². The van der Waals surface area contributed by atoms with Crippen LogP contribution in [-0.2, 0) is 9.53 Å². The first-order chi connectivity index (χ1) is 4.18. The highest BCUT2D eigenvalue weighted by Crippen LogP contribution is 1.86. The lowest BCUT2D eigenvalue weighted by molar-refractivity contribution is -0.139. The largest absolute Gasteiger partial charge is 0.432 e. The summed E-state index contributed by atoms with van der Waals surface area (Å²) in [5.74, 6) is -0.494. The van der Waals surface area contributed by atoms with Gasteiger partial charge in [0.05, 0.1) is 0 Å². The Kier molecular flexibility index (Phi) is 4.09. The lowest BCUT2D eigenvalue weighted by Crippen LogP contribution is -2.27. The SMILES string of the molecule is C[C@H](N)C(=O)OC=CCl. The van der Waals surface area contributed by atoms with Gasteiger partial charge in [-0.15, -0.1) is 0 Å². The smallest absolute Gasteiger partial charge is 0.327 e. The molecule has 0 amide bonds. The van der Waals surface area contributed by atoms with Crippen LogP contribution < -0.4 is 5.73 Å². The third kappa shape index (κ3) is 4.00. The second-order valence-corrected chi connectivity index (χ2v) is 1.74. The topological polar surface area (TPSA) is 52.3 Å². The Bertz CT molecular complexity index is 122. The second-order valence-electron chi connectivity index (χ2n) is 1.49. The zero-order valence-corrected chi connectivity index (χ0v) is 5.76. The van der Waals surface area contributed by atoms with Crippen molar-refractivity contribution in [3.63, 3.8) is 0 Å². The summed E-state index contributed by atoms with van der Waals surface area (Å²) in [4.78, 5) is 10.4. The molecule has 0 spiro atoms. The summed E-state index contributed by atoms with van der Waals surface area (Å²) in [6.07, 6.45) is 1.08. The maximum absolute atomic E-state index is 10.4. The molecule has 1 atom stereocenters. The number of esters is 1. The fourth-order valence-electron chi connectivity index (χ4n) is 0.200. The number of carbonyl (C=O) groups excluding carboxylic acids is 1. The lowest BCUT2D eigenvalue weighted by atomic mass is 10.4. The molecule has 3 nitrogen and oxygen atoms in total. The van der Waals surface area contributed by atoms with Gasteiger partial charge in [0, 0.05) is 5.54 Å². The van der Waals surface area contributed by atoms with Crippen LogP contribution in [0.1, 0.15) is 6.92 Å². The molecule has 0 rings (SSSR count). The van der Waals surface area contributed by atoms with E-state index in [1.807, 2.05) is 0 Å². The number of nitrogens with two attached hydrogens (primary N) is 1. The fourth-order valence-corrected chi connectivity index (χ4v) is 0.252. The van der Waals surface area contributed by atoms with Gasteiger partial charge in [0.25, 0.3) is 0 Å². The fraction of sp³-hybridized carbons (Fsp3) is 0.400. The van der Waals surface area contributed by atoms with Crippen LogP contribution in [0.3, 0.4) is 0 Å². The standard InChI is InChI=1S/C5H8ClNO2/c1-4(7)5(8)9-3-2-6/h2-4H,7H2,1H3/t4-/m0/s1. The Hall–Kier alpha value is -0.540. The summed E-state index contributed by atoms with van der Waals surface area (Å²) < 4.78 is 4.38. The highest BCUT2D eigenvalue weighted by Gasteiger charge is 2.05. The highest BCUT2D eigenvalue weighted by atomic mass is 35.5. The Morgan fingerprint density at radius 1 is 1.89 bits per heavy atom. The monoisotopic (exact) mass is 149 g/mol. The summed E-state index contributed by atoms with van der Waals surface area (Å²) >= 11 is 5.05. The molecule has 0 aliphatic heterocycles. The Morgan fingerprint density at radius 2 is 2.44 bits per heavy atom. The van der Waals surface area contributed by atoms with Gasteiger partial charge in [-0.2, -0.15) is 0 Å². The number of hydrogen-bond donors (Lipinski definition) is 1. The minimum atomic E-state index is -0.599. The van der Waals surface area contributed by atoms with Crippen LogP contribution in [0, 0.1) is 0 Å². The van der Waals surface area contributed by atoms with Crippen molar-refractivity contribution >= 4 is 17.6 Å². The van der Waals surface area contributed by atoms with E-state index in [0.717, 1.165) is 11.8 Å². The van der Waals surface area contributed by atoms with E-state index in [9.17, 15) is 4.79 Å². The summed E-state index contributed by atoms with van der Waals surface area (Å²) in [5.41, 5.74) is 6.22. The predicted molar refractivity (Wildman–Crippen MR) is 34.7 cm³/mol. The molecule has 0 fully saturated rings. The first-order valence-corrected chi connectivity index (χ1v) is 2.83. The summed E-state index contributed by atoms with van der Waals surface area (Å²) in [5, 5.41) is 0.